The predicted molar refractivity (Wildman–Crippen MR) is 65.5 cm³/mol. The SMILES string of the molecule is CCCc1cnc(NCC2CCCN2)nc1. The molecule has 1 fully saturated rings. The average Bonchev–Trinajstić information content (AvgIpc) is 2.82. The Balaban J connectivity index is 1.80. The van der Waals surface area contributed by atoms with E-state index < -0.39 is 0 Å². The Morgan fingerprint density at radius 3 is 2.88 bits per heavy atom. The minimum atomic E-state index is 0.582. The number of nitrogens with zero attached hydrogens (tertiary/aromatic N) is 2. The van der Waals surface area contributed by atoms with E-state index in [9.17, 15) is 0 Å². The van der Waals surface area contributed by atoms with Crippen LogP contribution in [0.2, 0.25) is 0 Å². The van der Waals surface area contributed by atoms with E-state index in [1.807, 2.05) is 12.4 Å². The first-order valence-electron chi connectivity index (χ1n) is 6.16. The maximum absolute atomic E-state index is 4.31. The van der Waals surface area contributed by atoms with Crippen molar-refractivity contribution >= 4 is 5.95 Å². The minimum Gasteiger partial charge on any atom is -0.353 e. The lowest BCUT2D eigenvalue weighted by atomic mass is 10.2. The van der Waals surface area contributed by atoms with Gasteiger partial charge < -0.3 is 10.6 Å². The number of nitrogens with one attached hydrogen (secondary N) is 2. The summed E-state index contributed by atoms with van der Waals surface area (Å²) in [6, 6.07) is 0.582. The van der Waals surface area contributed by atoms with Crippen LogP contribution >= 0.6 is 0 Å². The van der Waals surface area contributed by atoms with E-state index in [-0.39, 0.29) is 0 Å². The van der Waals surface area contributed by atoms with E-state index in [1.165, 1.54) is 18.4 Å². The Bertz CT molecular complexity index is 303. The third-order valence-corrected chi connectivity index (χ3v) is 2.91. The van der Waals surface area contributed by atoms with Crippen LogP contribution in [0.3, 0.4) is 0 Å². The third kappa shape index (κ3) is 3.17. The molecule has 4 nitrogen and oxygen atoms in total. The summed E-state index contributed by atoms with van der Waals surface area (Å²) in [7, 11) is 0. The van der Waals surface area contributed by atoms with E-state index in [0.717, 1.165) is 31.9 Å². The van der Waals surface area contributed by atoms with E-state index in [0.29, 0.717) is 6.04 Å². The zero-order valence-corrected chi connectivity index (χ0v) is 9.87. The second-order valence-corrected chi connectivity index (χ2v) is 4.34. The topological polar surface area (TPSA) is 49.8 Å². The van der Waals surface area contributed by atoms with Crippen molar-refractivity contribution in [2.75, 3.05) is 18.4 Å². The third-order valence-electron chi connectivity index (χ3n) is 2.91. The number of aryl methyl sites for hydroxylation is 1. The maximum atomic E-state index is 4.31. The number of aromatic nitrogens is 2. The van der Waals surface area contributed by atoms with Crippen molar-refractivity contribution in [3.05, 3.63) is 18.0 Å². The molecule has 0 radical (unpaired) electrons. The van der Waals surface area contributed by atoms with Crippen LogP contribution in [0.5, 0.6) is 0 Å². The molecule has 1 saturated heterocycles. The highest BCUT2D eigenvalue weighted by Gasteiger charge is 2.13. The number of hydrogen-bond donors (Lipinski definition) is 2. The van der Waals surface area contributed by atoms with Gasteiger partial charge in [-0.05, 0) is 31.4 Å². The summed E-state index contributed by atoms with van der Waals surface area (Å²) in [5.74, 6) is 0.744. The normalized spacial score (nSPS) is 19.9. The Labute approximate surface area is 96.9 Å². The molecule has 2 N–H and O–H groups in total. The summed E-state index contributed by atoms with van der Waals surface area (Å²) in [4.78, 5) is 8.62. The second kappa shape index (κ2) is 5.80. The molecule has 0 saturated carbocycles. The quantitative estimate of drug-likeness (QED) is 0.791. The number of hydrogen-bond acceptors (Lipinski definition) is 4. The standard InChI is InChI=1S/C12H20N4/c1-2-4-10-7-14-12(15-8-10)16-9-11-5-3-6-13-11/h7-8,11,13H,2-6,9H2,1H3,(H,14,15,16). The van der Waals surface area contributed by atoms with Gasteiger partial charge in [0.2, 0.25) is 5.95 Å². The molecule has 88 valence electrons. The van der Waals surface area contributed by atoms with Crippen LogP contribution < -0.4 is 10.6 Å². The van der Waals surface area contributed by atoms with Crippen LogP contribution in [-0.4, -0.2) is 29.1 Å². The monoisotopic (exact) mass is 220 g/mol. The highest BCUT2D eigenvalue weighted by Crippen LogP contribution is 2.07. The number of anilines is 1. The molecule has 0 aromatic carbocycles. The molecule has 1 atom stereocenters. The molecule has 0 aliphatic carbocycles. The zero-order chi connectivity index (χ0) is 11.2. The van der Waals surface area contributed by atoms with Crippen molar-refractivity contribution in [3.63, 3.8) is 0 Å². The predicted octanol–water partition coefficient (Wildman–Crippen LogP) is 1.59. The van der Waals surface area contributed by atoms with Crippen LogP contribution in [0.25, 0.3) is 0 Å². The molecular weight excluding hydrogens is 200 g/mol. The highest BCUT2D eigenvalue weighted by atomic mass is 15.1. The Hall–Kier alpha value is -1.16. The molecule has 1 aromatic rings. The molecule has 0 spiro atoms. The number of rotatable bonds is 5. The van der Waals surface area contributed by atoms with Gasteiger partial charge in [-0.2, -0.15) is 0 Å². The van der Waals surface area contributed by atoms with Gasteiger partial charge in [0.15, 0.2) is 0 Å². The van der Waals surface area contributed by atoms with E-state index in [4.69, 9.17) is 0 Å². The molecule has 2 heterocycles. The fourth-order valence-corrected chi connectivity index (χ4v) is 2.01. The molecule has 1 aliphatic heterocycles. The van der Waals surface area contributed by atoms with Crippen LogP contribution in [0.4, 0.5) is 5.95 Å². The molecule has 4 heteroatoms. The van der Waals surface area contributed by atoms with Gasteiger partial charge in [0.1, 0.15) is 0 Å². The lowest BCUT2D eigenvalue weighted by Gasteiger charge is -2.11. The molecular formula is C12H20N4. The van der Waals surface area contributed by atoms with Gasteiger partial charge in [-0.25, -0.2) is 9.97 Å². The van der Waals surface area contributed by atoms with E-state index in [2.05, 4.69) is 27.5 Å². The summed E-state index contributed by atoms with van der Waals surface area (Å²) in [5.41, 5.74) is 1.21. The second-order valence-electron chi connectivity index (χ2n) is 4.34. The molecule has 1 unspecified atom stereocenters. The van der Waals surface area contributed by atoms with Gasteiger partial charge in [0.05, 0.1) is 0 Å². The van der Waals surface area contributed by atoms with Gasteiger partial charge in [-0.3, -0.25) is 0 Å². The van der Waals surface area contributed by atoms with Crippen LogP contribution in [0.1, 0.15) is 31.7 Å². The molecule has 1 aromatic heterocycles. The van der Waals surface area contributed by atoms with Gasteiger partial charge >= 0.3 is 0 Å². The summed E-state index contributed by atoms with van der Waals surface area (Å²) < 4.78 is 0. The van der Waals surface area contributed by atoms with Gasteiger partial charge in [0.25, 0.3) is 0 Å². The first kappa shape index (κ1) is 11.3. The Morgan fingerprint density at radius 1 is 1.44 bits per heavy atom. The highest BCUT2D eigenvalue weighted by molar-refractivity contribution is 5.25. The maximum Gasteiger partial charge on any atom is 0.222 e. The summed E-state index contributed by atoms with van der Waals surface area (Å²) in [5, 5.41) is 6.71. The lowest BCUT2D eigenvalue weighted by Crippen LogP contribution is -2.29. The van der Waals surface area contributed by atoms with Crippen molar-refractivity contribution in [1.82, 2.24) is 15.3 Å². The Kier molecular flexibility index (Phi) is 4.10. The summed E-state index contributed by atoms with van der Waals surface area (Å²) >= 11 is 0. The molecule has 0 bridgehead atoms. The van der Waals surface area contributed by atoms with Gasteiger partial charge in [-0.1, -0.05) is 13.3 Å². The summed E-state index contributed by atoms with van der Waals surface area (Å²) in [6.07, 6.45) is 8.57. The zero-order valence-electron chi connectivity index (χ0n) is 9.87. The van der Waals surface area contributed by atoms with Gasteiger partial charge in [-0.15, -0.1) is 0 Å². The van der Waals surface area contributed by atoms with Crippen LogP contribution in [-0.2, 0) is 6.42 Å². The summed E-state index contributed by atoms with van der Waals surface area (Å²) in [6.45, 7) is 4.23. The first-order valence-corrected chi connectivity index (χ1v) is 6.16. The molecule has 0 amide bonds. The van der Waals surface area contributed by atoms with Crippen LogP contribution in [0.15, 0.2) is 12.4 Å². The molecule has 16 heavy (non-hydrogen) atoms. The van der Waals surface area contributed by atoms with Crippen molar-refractivity contribution in [2.45, 2.75) is 38.6 Å². The average molecular weight is 220 g/mol. The molecule has 2 rings (SSSR count). The van der Waals surface area contributed by atoms with E-state index >= 15 is 0 Å². The largest absolute Gasteiger partial charge is 0.353 e. The molecule has 1 aliphatic rings. The lowest BCUT2D eigenvalue weighted by molar-refractivity contribution is 0.631. The fraction of sp³-hybridized carbons (Fsp3) is 0.667. The van der Waals surface area contributed by atoms with Crippen molar-refractivity contribution in [3.8, 4) is 0 Å². The van der Waals surface area contributed by atoms with Crippen molar-refractivity contribution < 1.29 is 0 Å². The van der Waals surface area contributed by atoms with Crippen LogP contribution in [0, 0.1) is 0 Å². The minimum absolute atomic E-state index is 0.582. The van der Waals surface area contributed by atoms with E-state index in [1.54, 1.807) is 0 Å². The smallest absolute Gasteiger partial charge is 0.222 e. The fourth-order valence-electron chi connectivity index (χ4n) is 2.01. The Morgan fingerprint density at radius 2 is 2.25 bits per heavy atom. The van der Waals surface area contributed by atoms with Crippen molar-refractivity contribution in [1.29, 1.82) is 0 Å². The van der Waals surface area contributed by atoms with Gasteiger partial charge in [0, 0.05) is 25.0 Å². The van der Waals surface area contributed by atoms with Crippen molar-refractivity contribution in [2.24, 2.45) is 0 Å². The first-order chi connectivity index (χ1) is 7.88.